The van der Waals surface area contributed by atoms with Crippen LogP contribution in [0.4, 0.5) is 4.39 Å². The van der Waals surface area contributed by atoms with Crippen molar-refractivity contribution in [2.75, 3.05) is 20.2 Å². The van der Waals surface area contributed by atoms with Gasteiger partial charge in [0.05, 0.1) is 7.11 Å². The zero-order chi connectivity index (χ0) is 10.7. The third-order valence-electron chi connectivity index (χ3n) is 2.97. The molecule has 4 heteroatoms. The van der Waals surface area contributed by atoms with Crippen LogP contribution < -0.4 is 10.1 Å². The Balaban J connectivity index is 0.00000128. The van der Waals surface area contributed by atoms with E-state index in [9.17, 15) is 4.39 Å². The highest BCUT2D eigenvalue weighted by Gasteiger charge is 2.18. The van der Waals surface area contributed by atoms with E-state index < -0.39 is 0 Å². The molecule has 0 radical (unpaired) electrons. The van der Waals surface area contributed by atoms with Gasteiger partial charge in [0.15, 0.2) is 0 Å². The quantitative estimate of drug-likeness (QED) is 0.865. The standard InChI is InChI=1S/C12H16FNO.ClH/c1-15-12-8-10(13)2-3-11(12)9-4-6-14-7-5-9;/h2-3,8-9,14H,4-7H2,1H3;1H. The lowest BCUT2D eigenvalue weighted by Crippen LogP contribution is -2.26. The summed E-state index contributed by atoms with van der Waals surface area (Å²) in [6, 6.07) is 4.83. The Labute approximate surface area is 102 Å². The van der Waals surface area contributed by atoms with Gasteiger partial charge in [0.2, 0.25) is 0 Å². The van der Waals surface area contributed by atoms with Crippen molar-refractivity contribution in [1.29, 1.82) is 0 Å². The van der Waals surface area contributed by atoms with E-state index in [1.165, 1.54) is 12.1 Å². The van der Waals surface area contributed by atoms with Crippen molar-refractivity contribution in [2.45, 2.75) is 18.8 Å². The first-order chi connectivity index (χ1) is 7.31. The molecule has 1 aromatic rings. The van der Waals surface area contributed by atoms with Gasteiger partial charge >= 0.3 is 0 Å². The monoisotopic (exact) mass is 245 g/mol. The Morgan fingerprint density at radius 2 is 2.00 bits per heavy atom. The fourth-order valence-electron chi connectivity index (χ4n) is 2.16. The van der Waals surface area contributed by atoms with Crippen molar-refractivity contribution in [3.8, 4) is 5.75 Å². The maximum atomic E-state index is 13.0. The van der Waals surface area contributed by atoms with Gasteiger partial charge in [-0.15, -0.1) is 12.4 Å². The summed E-state index contributed by atoms with van der Waals surface area (Å²) in [6.07, 6.45) is 2.20. The molecular formula is C12H17ClFNO. The minimum Gasteiger partial charge on any atom is -0.496 e. The highest BCUT2D eigenvalue weighted by atomic mass is 35.5. The van der Waals surface area contributed by atoms with Gasteiger partial charge in [0, 0.05) is 6.07 Å². The Bertz CT molecular complexity index is 340. The third-order valence-corrected chi connectivity index (χ3v) is 2.97. The molecule has 1 heterocycles. The van der Waals surface area contributed by atoms with Gasteiger partial charge in [-0.25, -0.2) is 4.39 Å². The van der Waals surface area contributed by atoms with Crippen LogP contribution in [0.5, 0.6) is 5.75 Å². The Kier molecular flexibility index (Phi) is 5.03. The predicted molar refractivity (Wildman–Crippen MR) is 65.0 cm³/mol. The molecule has 0 aliphatic carbocycles. The summed E-state index contributed by atoms with van der Waals surface area (Å²) in [5.74, 6) is 0.952. The summed E-state index contributed by atoms with van der Waals surface area (Å²) in [7, 11) is 1.60. The fraction of sp³-hybridized carbons (Fsp3) is 0.500. The van der Waals surface area contributed by atoms with Crippen LogP contribution >= 0.6 is 12.4 Å². The number of halogens is 2. The highest BCUT2D eigenvalue weighted by molar-refractivity contribution is 5.85. The number of methoxy groups -OCH3 is 1. The summed E-state index contributed by atoms with van der Waals surface area (Å²) in [4.78, 5) is 0. The van der Waals surface area contributed by atoms with E-state index in [-0.39, 0.29) is 18.2 Å². The average molecular weight is 246 g/mol. The zero-order valence-corrected chi connectivity index (χ0v) is 10.1. The van der Waals surface area contributed by atoms with Crippen molar-refractivity contribution in [2.24, 2.45) is 0 Å². The minimum absolute atomic E-state index is 0. The normalized spacial score (nSPS) is 16.6. The molecule has 1 fully saturated rings. The number of hydrogen-bond donors (Lipinski definition) is 1. The summed E-state index contributed by atoms with van der Waals surface area (Å²) < 4.78 is 18.2. The number of ether oxygens (including phenoxy) is 1. The van der Waals surface area contributed by atoms with Gasteiger partial charge in [0.25, 0.3) is 0 Å². The van der Waals surface area contributed by atoms with Gasteiger partial charge < -0.3 is 10.1 Å². The highest BCUT2D eigenvalue weighted by Crippen LogP contribution is 2.32. The molecule has 0 aromatic heterocycles. The van der Waals surface area contributed by atoms with E-state index >= 15 is 0 Å². The molecule has 90 valence electrons. The smallest absolute Gasteiger partial charge is 0.126 e. The lowest BCUT2D eigenvalue weighted by molar-refractivity contribution is 0.388. The average Bonchev–Trinajstić information content (AvgIpc) is 2.30. The SMILES string of the molecule is COc1cc(F)ccc1C1CCNCC1.Cl. The van der Waals surface area contributed by atoms with Gasteiger partial charge in [0.1, 0.15) is 11.6 Å². The molecule has 0 atom stereocenters. The van der Waals surface area contributed by atoms with Crippen molar-refractivity contribution in [3.05, 3.63) is 29.6 Å². The number of hydrogen-bond acceptors (Lipinski definition) is 2. The molecule has 0 amide bonds. The van der Waals surface area contributed by atoms with Crippen LogP contribution in [0.1, 0.15) is 24.3 Å². The largest absolute Gasteiger partial charge is 0.496 e. The first kappa shape index (κ1) is 13.3. The Morgan fingerprint density at radius 1 is 1.31 bits per heavy atom. The summed E-state index contributed by atoms with van der Waals surface area (Å²) >= 11 is 0. The van der Waals surface area contributed by atoms with E-state index in [4.69, 9.17) is 4.74 Å². The number of piperidine rings is 1. The summed E-state index contributed by atoms with van der Waals surface area (Å²) in [5, 5.41) is 3.32. The Hall–Kier alpha value is -0.800. The molecule has 16 heavy (non-hydrogen) atoms. The van der Waals surface area contributed by atoms with Crippen LogP contribution in [-0.4, -0.2) is 20.2 Å². The van der Waals surface area contributed by atoms with Crippen LogP contribution in [0.3, 0.4) is 0 Å². The summed E-state index contributed by atoms with van der Waals surface area (Å²) in [5.41, 5.74) is 1.14. The van der Waals surface area contributed by atoms with Crippen molar-refractivity contribution < 1.29 is 9.13 Å². The molecule has 1 aliphatic heterocycles. The molecule has 1 saturated heterocycles. The van der Waals surface area contributed by atoms with Gasteiger partial charge in [-0.3, -0.25) is 0 Å². The molecule has 0 bridgehead atoms. The molecule has 1 aliphatic rings. The van der Waals surface area contributed by atoms with Gasteiger partial charge in [-0.2, -0.15) is 0 Å². The second kappa shape index (κ2) is 6.06. The zero-order valence-electron chi connectivity index (χ0n) is 9.33. The fourth-order valence-corrected chi connectivity index (χ4v) is 2.16. The number of rotatable bonds is 2. The van der Waals surface area contributed by atoms with E-state index in [0.717, 1.165) is 31.5 Å². The Morgan fingerprint density at radius 3 is 2.62 bits per heavy atom. The van der Waals surface area contributed by atoms with Crippen molar-refractivity contribution in [1.82, 2.24) is 5.32 Å². The van der Waals surface area contributed by atoms with Gasteiger partial charge in [-0.1, -0.05) is 6.07 Å². The van der Waals surface area contributed by atoms with E-state index in [0.29, 0.717) is 11.7 Å². The van der Waals surface area contributed by atoms with E-state index in [1.54, 1.807) is 7.11 Å². The molecule has 0 saturated carbocycles. The molecule has 2 nitrogen and oxygen atoms in total. The predicted octanol–water partition coefficient (Wildman–Crippen LogP) is 2.72. The molecule has 0 spiro atoms. The molecule has 1 N–H and O–H groups in total. The maximum Gasteiger partial charge on any atom is 0.126 e. The second-order valence-corrected chi connectivity index (χ2v) is 3.91. The molecular weight excluding hydrogens is 229 g/mol. The summed E-state index contributed by atoms with van der Waals surface area (Å²) in [6.45, 7) is 2.07. The first-order valence-corrected chi connectivity index (χ1v) is 5.35. The van der Waals surface area contributed by atoms with Crippen LogP contribution in [0.25, 0.3) is 0 Å². The van der Waals surface area contributed by atoms with Crippen molar-refractivity contribution in [3.63, 3.8) is 0 Å². The second-order valence-electron chi connectivity index (χ2n) is 3.91. The number of benzene rings is 1. The minimum atomic E-state index is -0.232. The molecule has 0 unspecified atom stereocenters. The van der Waals surface area contributed by atoms with Crippen LogP contribution in [0.2, 0.25) is 0 Å². The first-order valence-electron chi connectivity index (χ1n) is 5.35. The van der Waals surface area contributed by atoms with Crippen LogP contribution in [-0.2, 0) is 0 Å². The van der Waals surface area contributed by atoms with Gasteiger partial charge in [-0.05, 0) is 43.5 Å². The van der Waals surface area contributed by atoms with Crippen LogP contribution in [0.15, 0.2) is 18.2 Å². The third kappa shape index (κ3) is 2.86. The molecule has 1 aromatic carbocycles. The lowest BCUT2D eigenvalue weighted by atomic mass is 9.89. The lowest BCUT2D eigenvalue weighted by Gasteiger charge is -2.24. The topological polar surface area (TPSA) is 21.3 Å². The van der Waals surface area contributed by atoms with Crippen LogP contribution in [0, 0.1) is 5.82 Å². The maximum absolute atomic E-state index is 13.0. The number of nitrogens with one attached hydrogen (secondary N) is 1. The van der Waals surface area contributed by atoms with Crippen molar-refractivity contribution >= 4 is 12.4 Å². The van der Waals surface area contributed by atoms with E-state index in [2.05, 4.69) is 5.32 Å². The van der Waals surface area contributed by atoms with E-state index in [1.807, 2.05) is 6.07 Å². The molecule has 2 rings (SSSR count).